The van der Waals surface area contributed by atoms with Gasteiger partial charge in [-0.25, -0.2) is 0 Å². The van der Waals surface area contributed by atoms with Crippen molar-refractivity contribution in [3.05, 3.63) is 23.8 Å². The summed E-state index contributed by atoms with van der Waals surface area (Å²) in [5.41, 5.74) is -5.60. The summed E-state index contributed by atoms with van der Waals surface area (Å²) in [7, 11) is -4.52. The predicted octanol–water partition coefficient (Wildman–Crippen LogP) is 1.94. The fourth-order valence-electron chi connectivity index (χ4n) is 1.37. The molecular formula is C11H11F3O6S. The van der Waals surface area contributed by atoms with Gasteiger partial charge in [0, 0.05) is 12.0 Å². The lowest BCUT2D eigenvalue weighted by molar-refractivity contribution is -0.136. The van der Waals surface area contributed by atoms with Gasteiger partial charge in [0.15, 0.2) is 0 Å². The summed E-state index contributed by atoms with van der Waals surface area (Å²) in [4.78, 5) is 10.5. The number of halogens is 3. The van der Waals surface area contributed by atoms with Gasteiger partial charge in [-0.3, -0.25) is 4.79 Å². The van der Waals surface area contributed by atoms with Gasteiger partial charge in [-0.2, -0.15) is 21.6 Å². The third-order valence-electron chi connectivity index (χ3n) is 2.36. The second-order valence-electron chi connectivity index (χ2n) is 3.85. The van der Waals surface area contributed by atoms with Crippen LogP contribution in [0.25, 0.3) is 0 Å². The molecule has 1 N–H and O–H groups in total. The number of aliphatic carboxylic acids is 1. The maximum Gasteiger partial charge on any atom is 0.534 e. The molecule has 118 valence electrons. The Balaban J connectivity index is 3.14. The summed E-state index contributed by atoms with van der Waals surface area (Å²) in [6.07, 6.45) is -0.620. The topological polar surface area (TPSA) is 89.9 Å². The van der Waals surface area contributed by atoms with Crippen molar-refractivity contribution in [2.24, 2.45) is 0 Å². The van der Waals surface area contributed by atoms with E-state index in [1.807, 2.05) is 0 Å². The van der Waals surface area contributed by atoms with Crippen LogP contribution in [-0.4, -0.2) is 32.1 Å². The number of carboxylic acid groups (broad SMARTS) is 1. The molecule has 0 amide bonds. The van der Waals surface area contributed by atoms with Gasteiger partial charge in [0.2, 0.25) is 0 Å². The van der Waals surface area contributed by atoms with Crippen LogP contribution in [0.2, 0.25) is 0 Å². The van der Waals surface area contributed by atoms with E-state index in [1.165, 1.54) is 19.2 Å². The van der Waals surface area contributed by atoms with Crippen molar-refractivity contribution in [1.82, 2.24) is 0 Å². The van der Waals surface area contributed by atoms with E-state index in [9.17, 15) is 26.4 Å². The van der Waals surface area contributed by atoms with Crippen molar-refractivity contribution in [3.8, 4) is 11.5 Å². The Bertz CT molecular complexity index is 623. The molecule has 0 aliphatic rings. The average Bonchev–Trinajstić information content (AvgIpc) is 2.35. The van der Waals surface area contributed by atoms with Gasteiger partial charge in [-0.05, 0) is 24.6 Å². The van der Waals surface area contributed by atoms with E-state index in [1.54, 1.807) is 0 Å². The summed E-state index contributed by atoms with van der Waals surface area (Å²) in [5, 5.41) is 8.58. The smallest absolute Gasteiger partial charge is 0.497 e. The van der Waals surface area contributed by atoms with Crippen LogP contribution in [0.1, 0.15) is 12.0 Å². The number of methoxy groups -OCH3 is 1. The number of ether oxygens (including phenoxy) is 1. The number of alkyl halides is 3. The summed E-state index contributed by atoms with van der Waals surface area (Å²) < 4.78 is 67.6. The van der Waals surface area contributed by atoms with Gasteiger partial charge < -0.3 is 14.0 Å². The highest BCUT2D eigenvalue weighted by atomic mass is 32.2. The zero-order valence-electron chi connectivity index (χ0n) is 10.7. The molecule has 0 radical (unpaired) electrons. The van der Waals surface area contributed by atoms with Crippen LogP contribution in [0.5, 0.6) is 11.5 Å². The van der Waals surface area contributed by atoms with E-state index in [2.05, 4.69) is 4.18 Å². The van der Waals surface area contributed by atoms with Gasteiger partial charge in [-0.15, -0.1) is 0 Å². The van der Waals surface area contributed by atoms with E-state index < -0.39 is 33.8 Å². The van der Waals surface area contributed by atoms with E-state index in [0.29, 0.717) is 0 Å². The predicted molar refractivity (Wildman–Crippen MR) is 64.6 cm³/mol. The van der Waals surface area contributed by atoms with Crippen LogP contribution in [-0.2, 0) is 21.3 Å². The van der Waals surface area contributed by atoms with E-state index in [-0.39, 0.29) is 17.7 Å². The average molecular weight is 328 g/mol. The Morgan fingerprint density at radius 3 is 2.43 bits per heavy atom. The van der Waals surface area contributed by atoms with Crippen LogP contribution < -0.4 is 8.92 Å². The normalized spacial score (nSPS) is 12.0. The highest BCUT2D eigenvalue weighted by molar-refractivity contribution is 7.88. The maximum atomic E-state index is 12.3. The van der Waals surface area contributed by atoms with Crippen molar-refractivity contribution >= 4 is 16.1 Å². The van der Waals surface area contributed by atoms with Crippen molar-refractivity contribution in [3.63, 3.8) is 0 Å². The Kier molecular flexibility index (Phi) is 5.05. The monoisotopic (exact) mass is 328 g/mol. The Hall–Kier alpha value is -1.97. The zero-order valence-corrected chi connectivity index (χ0v) is 11.5. The fourth-order valence-corrected chi connectivity index (χ4v) is 1.86. The molecule has 0 unspecified atom stereocenters. The molecule has 21 heavy (non-hydrogen) atoms. The van der Waals surface area contributed by atoms with Crippen LogP contribution in [0.15, 0.2) is 18.2 Å². The van der Waals surface area contributed by atoms with Crippen molar-refractivity contribution < 1.29 is 40.4 Å². The second kappa shape index (κ2) is 6.20. The first kappa shape index (κ1) is 17.1. The molecule has 0 aliphatic heterocycles. The first-order valence-electron chi connectivity index (χ1n) is 5.46. The van der Waals surface area contributed by atoms with Crippen LogP contribution in [0, 0.1) is 0 Å². The third-order valence-corrected chi connectivity index (χ3v) is 3.32. The van der Waals surface area contributed by atoms with E-state index >= 15 is 0 Å². The molecule has 0 saturated carbocycles. The molecular weight excluding hydrogens is 317 g/mol. The fraction of sp³-hybridized carbons (Fsp3) is 0.364. The van der Waals surface area contributed by atoms with Gasteiger partial charge >= 0.3 is 21.6 Å². The molecule has 0 atom stereocenters. The van der Waals surface area contributed by atoms with Crippen molar-refractivity contribution in [2.45, 2.75) is 18.3 Å². The minimum absolute atomic E-state index is 0.0235. The molecule has 1 aromatic rings. The first-order valence-corrected chi connectivity index (χ1v) is 6.87. The molecule has 0 fully saturated rings. The van der Waals surface area contributed by atoms with Crippen LogP contribution in [0.3, 0.4) is 0 Å². The lowest BCUT2D eigenvalue weighted by Crippen LogP contribution is -2.28. The first-order chi connectivity index (χ1) is 9.56. The summed E-state index contributed by atoms with van der Waals surface area (Å²) in [6, 6.07) is 3.38. The molecule has 0 aromatic heterocycles. The molecule has 0 bridgehead atoms. The van der Waals surface area contributed by atoms with Crippen molar-refractivity contribution in [1.29, 1.82) is 0 Å². The SMILES string of the molecule is COc1ccc(OS(=O)(=O)C(F)(F)F)c(CCC(=O)O)c1. The van der Waals surface area contributed by atoms with Gasteiger partial charge in [-0.1, -0.05) is 0 Å². The Morgan fingerprint density at radius 2 is 1.95 bits per heavy atom. The quantitative estimate of drug-likeness (QED) is 0.634. The van der Waals surface area contributed by atoms with Crippen molar-refractivity contribution in [2.75, 3.05) is 7.11 Å². The Labute approximate surface area is 118 Å². The van der Waals surface area contributed by atoms with Crippen LogP contribution >= 0.6 is 0 Å². The summed E-state index contributed by atoms with van der Waals surface area (Å²) in [6.45, 7) is 0. The largest absolute Gasteiger partial charge is 0.534 e. The summed E-state index contributed by atoms with van der Waals surface area (Å²) in [5.74, 6) is -1.55. The highest BCUT2D eigenvalue weighted by Gasteiger charge is 2.48. The number of hydrogen-bond acceptors (Lipinski definition) is 5. The number of rotatable bonds is 6. The van der Waals surface area contributed by atoms with Gasteiger partial charge in [0.05, 0.1) is 7.11 Å². The molecule has 0 aliphatic carbocycles. The molecule has 1 rings (SSSR count). The number of benzene rings is 1. The third kappa shape index (κ3) is 4.52. The summed E-state index contributed by atoms with van der Waals surface area (Å²) >= 11 is 0. The molecule has 1 aromatic carbocycles. The lowest BCUT2D eigenvalue weighted by Gasteiger charge is -2.13. The zero-order chi connectivity index (χ0) is 16.3. The lowest BCUT2D eigenvalue weighted by atomic mass is 10.1. The maximum absolute atomic E-state index is 12.3. The second-order valence-corrected chi connectivity index (χ2v) is 5.39. The highest BCUT2D eigenvalue weighted by Crippen LogP contribution is 2.31. The molecule has 0 saturated heterocycles. The van der Waals surface area contributed by atoms with E-state index in [4.69, 9.17) is 9.84 Å². The minimum atomic E-state index is -5.82. The molecule has 10 heteroatoms. The van der Waals surface area contributed by atoms with Crippen LogP contribution in [0.4, 0.5) is 13.2 Å². The molecule has 0 spiro atoms. The van der Waals surface area contributed by atoms with Gasteiger partial charge in [0.25, 0.3) is 0 Å². The number of aryl methyl sites for hydroxylation is 1. The van der Waals surface area contributed by atoms with Gasteiger partial charge in [0.1, 0.15) is 11.5 Å². The number of hydrogen-bond donors (Lipinski definition) is 1. The van der Waals surface area contributed by atoms with E-state index in [0.717, 1.165) is 6.07 Å². The molecule has 6 nitrogen and oxygen atoms in total. The molecule has 0 heterocycles. The number of carbonyl (C=O) groups is 1. The minimum Gasteiger partial charge on any atom is -0.497 e. The Morgan fingerprint density at radius 1 is 1.33 bits per heavy atom. The number of carboxylic acids is 1. The standard InChI is InChI=1S/C11H11F3O6S/c1-19-8-3-4-9(7(6-8)2-5-10(15)16)20-21(17,18)11(12,13)14/h3-4,6H,2,5H2,1H3,(H,15,16).